The lowest BCUT2D eigenvalue weighted by Gasteiger charge is -2.05. The van der Waals surface area contributed by atoms with Crippen molar-refractivity contribution >= 4 is 31.9 Å². The molecule has 0 aliphatic rings. The Morgan fingerprint density at radius 1 is 1.33 bits per heavy atom. The Morgan fingerprint density at radius 3 is 2.67 bits per heavy atom. The van der Waals surface area contributed by atoms with E-state index in [2.05, 4.69) is 37.0 Å². The molecule has 78 valence electrons. The number of aromatic nitrogens is 2. The summed E-state index contributed by atoms with van der Waals surface area (Å²) in [5.74, 6) is 0. The zero-order valence-corrected chi connectivity index (χ0v) is 11.0. The molecule has 2 aromatic rings. The van der Waals surface area contributed by atoms with E-state index in [1.165, 1.54) is 0 Å². The van der Waals surface area contributed by atoms with Crippen molar-refractivity contribution in [3.63, 3.8) is 0 Å². The Kier molecular flexibility index (Phi) is 3.23. The third kappa shape index (κ3) is 2.30. The molecule has 1 aromatic heterocycles. The van der Waals surface area contributed by atoms with Crippen molar-refractivity contribution in [1.82, 2.24) is 9.78 Å². The van der Waals surface area contributed by atoms with Gasteiger partial charge in [0.1, 0.15) is 0 Å². The Labute approximate surface area is 105 Å². The van der Waals surface area contributed by atoms with Gasteiger partial charge in [0.05, 0.1) is 16.4 Å². The molecule has 0 unspecified atom stereocenters. The predicted octanol–water partition coefficient (Wildman–Crippen LogP) is 2.86. The average molecular weight is 331 g/mol. The molecule has 0 saturated heterocycles. The number of halogens is 2. The summed E-state index contributed by atoms with van der Waals surface area (Å²) in [6.07, 6.45) is 3.66. The molecule has 1 heterocycles. The van der Waals surface area contributed by atoms with Gasteiger partial charge in [-0.2, -0.15) is 5.10 Å². The highest BCUT2D eigenvalue weighted by atomic mass is 79.9. The standard InChI is InChI=1S/C10H9Br2N3/c11-8-5-14-15(6-8)10-2-1-7(4-13)3-9(10)12/h1-3,5-6H,4,13H2. The van der Waals surface area contributed by atoms with Gasteiger partial charge in [-0.05, 0) is 49.6 Å². The molecule has 0 spiro atoms. The number of hydrogen-bond donors (Lipinski definition) is 1. The van der Waals surface area contributed by atoms with Crippen LogP contribution >= 0.6 is 31.9 Å². The highest BCUT2D eigenvalue weighted by Crippen LogP contribution is 2.23. The molecule has 0 amide bonds. The summed E-state index contributed by atoms with van der Waals surface area (Å²) in [7, 11) is 0. The van der Waals surface area contributed by atoms with Gasteiger partial charge >= 0.3 is 0 Å². The largest absolute Gasteiger partial charge is 0.326 e. The van der Waals surface area contributed by atoms with Crippen molar-refractivity contribution in [2.45, 2.75) is 6.54 Å². The van der Waals surface area contributed by atoms with Crippen molar-refractivity contribution in [2.24, 2.45) is 5.73 Å². The second-order valence-electron chi connectivity index (χ2n) is 3.09. The minimum absolute atomic E-state index is 0.543. The average Bonchev–Trinajstić information content (AvgIpc) is 2.64. The van der Waals surface area contributed by atoms with Gasteiger partial charge in [0, 0.05) is 17.2 Å². The fourth-order valence-corrected chi connectivity index (χ4v) is 2.19. The van der Waals surface area contributed by atoms with E-state index in [-0.39, 0.29) is 0 Å². The maximum absolute atomic E-state index is 5.56. The molecular weight excluding hydrogens is 322 g/mol. The van der Waals surface area contributed by atoms with Gasteiger partial charge in [-0.15, -0.1) is 0 Å². The van der Waals surface area contributed by atoms with Crippen molar-refractivity contribution < 1.29 is 0 Å². The van der Waals surface area contributed by atoms with Crippen LogP contribution in [0.5, 0.6) is 0 Å². The molecule has 2 N–H and O–H groups in total. The number of benzene rings is 1. The van der Waals surface area contributed by atoms with Crippen molar-refractivity contribution in [2.75, 3.05) is 0 Å². The monoisotopic (exact) mass is 329 g/mol. The van der Waals surface area contributed by atoms with Gasteiger partial charge in [0.15, 0.2) is 0 Å². The lowest BCUT2D eigenvalue weighted by atomic mass is 10.2. The number of nitrogens with two attached hydrogens (primary N) is 1. The first-order valence-corrected chi connectivity index (χ1v) is 5.98. The fourth-order valence-electron chi connectivity index (χ4n) is 1.30. The molecule has 3 nitrogen and oxygen atoms in total. The Morgan fingerprint density at radius 2 is 2.13 bits per heavy atom. The molecule has 15 heavy (non-hydrogen) atoms. The number of nitrogens with zero attached hydrogens (tertiary/aromatic N) is 2. The first-order chi connectivity index (χ1) is 7.20. The summed E-state index contributed by atoms with van der Waals surface area (Å²) in [5.41, 5.74) is 7.65. The third-order valence-corrected chi connectivity index (χ3v) is 3.09. The molecule has 0 aliphatic heterocycles. The first-order valence-electron chi connectivity index (χ1n) is 4.40. The minimum Gasteiger partial charge on any atom is -0.326 e. The van der Waals surface area contributed by atoms with Gasteiger partial charge in [-0.3, -0.25) is 0 Å². The predicted molar refractivity (Wildman–Crippen MR) is 66.9 cm³/mol. The second-order valence-corrected chi connectivity index (χ2v) is 4.86. The van der Waals surface area contributed by atoms with Gasteiger partial charge in [0.25, 0.3) is 0 Å². The second kappa shape index (κ2) is 4.47. The van der Waals surface area contributed by atoms with Crippen LogP contribution in [-0.2, 0) is 6.54 Å². The van der Waals surface area contributed by atoms with Crippen LogP contribution in [0.15, 0.2) is 39.5 Å². The van der Waals surface area contributed by atoms with E-state index in [1.807, 2.05) is 24.4 Å². The smallest absolute Gasteiger partial charge is 0.0788 e. The van der Waals surface area contributed by atoms with E-state index in [9.17, 15) is 0 Å². The molecule has 2 rings (SSSR count). The zero-order valence-electron chi connectivity index (χ0n) is 7.82. The Balaban J connectivity index is 2.45. The molecule has 5 heteroatoms. The summed E-state index contributed by atoms with van der Waals surface area (Å²) < 4.78 is 3.74. The Hall–Kier alpha value is -0.650. The van der Waals surface area contributed by atoms with Gasteiger partial charge in [-0.1, -0.05) is 6.07 Å². The summed E-state index contributed by atoms with van der Waals surface area (Å²) in [4.78, 5) is 0. The molecule has 0 fully saturated rings. The number of hydrogen-bond acceptors (Lipinski definition) is 2. The van der Waals surface area contributed by atoms with Crippen LogP contribution in [0.4, 0.5) is 0 Å². The maximum Gasteiger partial charge on any atom is 0.0788 e. The summed E-state index contributed by atoms with van der Waals surface area (Å²) in [5, 5.41) is 4.21. The minimum atomic E-state index is 0.543. The molecule has 1 aromatic carbocycles. The van der Waals surface area contributed by atoms with E-state index in [1.54, 1.807) is 10.9 Å². The lowest BCUT2D eigenvalue weighted by molar-refractivity contribution is 0.874. The van der Waals surface area contributed by atoms with E-state index >= 15 is 0 Å². The van der Waals surface area contributed by atoms with E-state index in [0.717, 1.165) is 20.2 Å². The van der Waals surface area contributed by atoms with Crippen LogP contribution in [0.25, 0.3) is 5.69 Å². The van der Waals surface area contributed by atoms with Crippen molar-refractivity contribution in [1.29, 1.82) is 0 Å². The Bertz CT molecular complexity index is 479. The molecule has 0 bridgehead atoms. The molecule has 0 aliphatic carbocycles. The molecule has 0 saturated carbocycles. The van der Waals surface area contributed by atoms with Crippen LogP contribution in [0.2, 0.25) is 0 Å². The SMILES string of the molecule is NCc1ccc(-n2cc(Br)cn2)c(Br)c1. The van der Waals surface area contributed by atoms with Crippen LogP contribution in [0.3, 0.4) is 0 Å². The van der Waals surface area contributed by atoms with Crippen molar-refractivity contribution in [3.05, 3.63) is 45.1 Å². The number of rotatable bonds is 2. The summed E-state index contributed by atoms with van der Waals surface area (Å²) in [6, 6.07) is 5.99. The van der Waals surface area contributed by atoms with Crippen LogP contribution in [-0.4, -0.2) is 9.78 Å². The quantitative estimate of drug-likeness (QED) is 0.920. The first kappa shape index (κ1) is 10.9. The molecule has 0 radical (unpaired) electrons. The van der Waals surface area contributed by atoms with Crippen LogP contribution < -0.4 is 5.73 Å². The van der Waals surface area contributed by atoms with E-state index in [4.69, 9.17) is 5.73 Å². The molecule has 0 atom stereocenters. The lowest BCUT2D eigenvalue weighted by Crippen LogP contribution is -1.99. The highest BCUT2D eigenvalue weighted by Gasteiger charge is 2.04. The third-order valence-electron chi connectivity index (χ3n) is 2.05. The normalized spacial score (nSPS) is 10.6. The summed E-state index contributed by atoms with van der Waals surface area (Å²) >= 11 is 6.87. The fraction of sp³-hybridized carbons (Fsp3) is 0.100. The van der Waals surface area contributed by atoms with Crippen LogP contribution in [0, 0.1) is 0 Å². The molecular formula is C10H9Br2N3. The van der Waals surface area contributed by atoms with Crippen LogP contribution in [0.1, 0.15) is 5.56 Å². The maximum atomic E-state index is 5.56. The van der Waals surface area contributed by atoms with E-state index < -0.39 is 0 Å². The van der Waals surface area contributed by atoms with Gasteiger partial charge < -0.3 is 5.73 Å². The summed E-state index contributed by atoms with van der Waals surface area (Å²) in [6.45, 7) is 0.543. The van der Waals surface area contributed by atoms with Gasteiger partial charge in [0.2, 0.25) is 0 Å². The zero-order chi connectivity index (χ0) is 10.8. The highest BCUT2D eigenvalue weighted by molar-refractivity contribution is 9.10. The topological polar surface area (TPSA) is 43.8 Å². The van der Waals surface area contributed by atoms with Gasteiger partial charge in [-0.25, -0.2) is 4.68 Å². The van der Waals surface area contributed by atoms with E-state index in [0.29, 0.717) is 6.54 Å². The van der Waals surface area contributed by atoms with Crippen molar-refractivity contribution in [3.8, 4) is 5.69 Å².